The normalized spacial score (nSPS) is 14.8. The van der Waals surface area contributed by atoms with E-state index in [1.807, 2.05) is 0 Å². The van der Waals surface area contributed by atoms with E-state index in [1.165, 1.54) is 67.0 Å². The molecule has 0 amide bonds. The largest absolute Gasteiger partial charge is 0.0776 e. The molecule has 3 rings (SSSR count). The molecule has 0 nitrogen and oxygen atoms in total. The number of benzene rings is 2. The van der Waals surface area contributed by atoms with Crippen LogP contribution in [0.15, 0.2) is 40.9 Å². The molecule has 2 aromatic rings. The minimum atomic E-state index is -1.34. The number of rotatable bonds is 9. The summed E-state index contributed by atoms with van der Waals surface area (Å²) < 4.78 is 1.22. The van der Waals surface area contributed by atoms with Crippen LogP contribution in [0.1, 0.15) is 76.3 Å². The van der Waals surface area contributed by atoms with Crippen molar-refractivity contribution < 1.29 is 0 Å². The van der Waals surface area contributed by atoms with Crippen LogP contribution in [0.3, 0.4) is 0 Å². The second-order valence-electron chi connectivity index (χ2n) is 9.70. The maximum Gasteiger partial charge on any atom is 0.0776 e. The zero-order chi connectivity index (χ0) is 20.4. The summed E-state index contributed by atoms with van der Waals surface area (Å²) in [6.45, 7) is 12.1. The summed E-state index contributed by atoms with van der Waals surface area (Å²) in [5, 5.41) is 1.61. The van der Waals surface area contributed by atoms with Crippen LogP contribution in [-0.4, -0.2) is 8.07 Å². The van der Waals surface area contributed by atoms with Gasteiger partial charge < -0.3 is 0 Å². The number of fused-ring (bicyclic) bond motifs is 3. The van der Waals surface area contributed by atoms with Crippen LogP contribution in [0.4, 0.5) is 0 Å². The molecule has 0 heterocycles. The first-order chi connectivity index (χ1) is 13.3. The van der Waals surface area contributed by atoms with Crippen molar-refractivity contribution in [3.8, 4) is 11.1 Å². The Labute approximate surface area is 182 Å². The predicted molar refractivity (Wildman–Crippen MR) is 132 cm³/mol. The lowest BCUT2D eigenvalue weighted by Gasteiger charge is -2.34. The first-order valence-electron chi connectivity index (χ1n) is 11.3. The molecule has 0 N–H and O–H groups in total. The van der Waals surface area contributed by atoms with Crippen LogP contribution in [-0.2, 0) is 5.41 Å². The third-order valence-electron chi connectivity index (χ3n) is 6.60. The number of hydrogen-bond acceptors (Lipinski definition) is 0. The van der Waals surface area contributed by atoms with Gasteiger partial charge in [-0.15, -0.1) is 0 Å². The molecule has 0 fully saturated rings. The van der Waals surface area contributed by atoms with Crippen molar-refractivity contribution >= 4 is 29.2 Å². The summed E-state index contributed by atoms with van der Waals surface area (Å²) in [7, 11) is -1.34. The Kier molecular flexibility index (Phi) is 6.92. The lowest BCUT2D eigenvalue weighted by Crippen LogP contribution is -2.38. The van der Waals surface area contributed by atoms with E-state index in [0.29, 0.717) is 0 Å². The van der Waals surface area contributed by atoms with E-state index in [9.17, 15) is 0 Å². The Morgan fingerprint density at radius 2 is 1.29 bits per heavy atom. The van der Waals surface area contributed by atoms with Gasteiger partial charge in [0, 0.05) is 9.89 Å². The van der Waals surface area contributed by atoms with Crippen molar-refractivity contribution in [3.05, 3.63) is 52.0 Å². The molecule has 0 saturated carbocycles. The first kappa shape index (κ1) is 21.8. The highest BCUT2D eigenvalue weighted by Crippen LogP contribution is 2.54. The maximum absolute atomic E-state index is 3.78. The Morgan fingerprint density at radius 1 is 0.750 bits per heavy atom. The molecule has 1 aliphatic carbocycles. The van der Waals surface area contributed by atoms with Gasteiger partial charge in [-0.25, -0.2) is 0 Å². The average Bonchev–Trinajstić information content (AvgIpc) is 2.91. The highest BCUT2D eigenvalue weighted by atomic mass is 79.9. The fraction of sp³-hybridized carbons (Fsp3) is 0.538. The molecule has 152 valence electrons. The van der Waals surface area contributed by atoms with Crippen LogP contribution >= 0.6 is 15.9 Å². The summed E-state index contributed by atoms with van der Waals surface area (Å²) in [6.07, 6.45) is 10.5. The third-order valence-corrected chi connectivity index (χ3v) is 9.14. The second-order valence-corrected chi connectivity index (χ2v) is 15.7. The van der Waals surface area contributed by atoms with Crippen molar-refractivity contribution in [2.75, 3.05) is 0 Å². The number of unbranched alkanes of at least 4 members (excludes halogenated alkanes) is 4. The number of hydrogen-bond donors (Lipinski definition) is 0. The average molecular weight is 458 g/mol. The van der Waals surface area contributed by atoms with Gasteiger partial charge in [0.2, 0.25) is 0 Å². The lowest BCUT2D eigenvalue weighted by molar-refractivity contribution is 0.405. The first-order valence-corrected chi connectivity index (χ1v) is 15.6. The molecule has 2 heteroatoms. The summed E-state index contributed by atoms with van der Waals surface area (Å²) in [5.41, 5.74) is 6.39. The molecule has 0 saturated heterocycles. The van der Waals surface area contributed by atoms with E-state index in [4.69, 9.17) is 0 Å². The standard InChI is InChI=1S/C26H37BrSi/c1-6-8-10-16-26(17-11-9-7-2)24-18-20(27)12-14-22(24)23-15-13-21(19-25(23)26)28(3,4)5/h12-15,18-19H,6-11,16-17H2,1-5H3. The minimum absolute atomic E-state index is 0.203. The van der Waals surface area contributed by atoms with Gasteiger partial charge in [-0.2, -0.15) is 0 Å². The van der Waals surface area contributed by atoms with Gasteiger partial charge in [0.1, 0.15) is 0 Å². The topological polar surface area (TPSA) is 0 Å². The third kappa shape index (κ3) is 4.19. The van der Waals surface area contributed by atoms with Gasteiger partial charge in [-0.3, -0.25) is 0 Å². The highest BCUT2D eigenvalue weighted by Gasteiger charge is 2.42. The highest BCUT2D eigenvalue weighted by molar-refractivity contribution is 9.10. The number of halogens is 1. The van der Waals surface area contributed by atoms with Crippen LogP contribution in [0.25, 0.3) is 11.1 Å². The summed E-state index contributed by atoms with van der Waals surface area (Å²) >= 11 is 3.78. The van der Waals surface area contributed by atoms with Gasteiger partial charge in [0.15, 0.2) is 0 Å². The Morgan fingerprint density at radius 3 is 1.82 bits per heavy atom. The molecular weight excluding hydrogens is 420 g/mol. The van der Waals surface area contributed by atoms with E-state index < -0.39 is 8.07 Å². The minimum Gasteiger partial charge on any atom is -0.0656 e. The molecule has 28 heavy (non-hydrogen) atoms. The maximum atomic E-state index is 3.78. The van der Waals surface area contributed by atoms with Gasteiger partial charge in [0.25, 0.3) is 0 Å². The SMILES string of the molecule is CCCCCC1(CCCCC)c2cc(Br)ccc2-c2ccc([Si](C)(C)C)cc21. The summed E-state index contributed by atoms with van der Waals surface area (Å²) in [6, 6.07) is 14.5. The monoisotopic (exact) mass is 456 g/mol. The zero-order valence-electron chi connectivity index (χ0n) is 18.5. The van der Waals surface area contributed by atoms with Gasteiger partial charge in [-0.1, -0.05) is 117 Å². The van der Waals surface area contributed by atoms with Gasteiger partial charge >= 0.3 is 0 Å². The molecule has 0 atom stereocenters. The van der Waals surface area contributed by atoms with Crippen LogP contribution in [0, 0.1) is 0 Å². The lowest BCUT2D eigenvalue weighted by atomic mass is 9.70. The van der Waals surface area contributed by atoms with Crippen molar-refractivity contribution in [2.45, 2.75) is 90.3 Å². The predicted octanol–water partition coefficient (Wildman–Crippen LogP) is 8.42. The van der Waals surface area contributed by atoms with E-state index in [-0.39, 0.29) is 5.41 Å². The Hall–Kier alpha value is -0.863. The molecule has 0 bridgehead atoms. The molecule has 1 aliphatic rings. The van der Waals surface area contributed by atoms with E-state index >= 15 is 0 Å². The quantitative estimate of drug-likeness (QED) is 0.262. The fourth-order valence-electron chi connectivity index (χ4n) is 4.95. The smallest absolute Gasteiger partial charge is 0.0656 e. The zero-order valence-corrected chi connectivity index (χ0v) is 21.1. The van der Waals surface area contributed by atoms with Crippen LogP contribution in [0.5, 0.6) is 0 Å². The van der Waals surface area contributed by atoms with Crippen LogP contribution in [0.2, 0.25) is 19.6 Å². The van der Waals surface area contributed by atoms with E-state index in [2.05, 4.69) is 85.8 Å². The van der Waals surface area contributed by atoms with Crippen molar-refractivity contribution in [2.24, 2.45) is 0 Å². The second kappa shape index (κ2) is 8.88. The molecule has 2 aromatic carbocycles. The molecule has 0 unspecified atom stereocenters. The van der Waals surface area contributed by atoms with Gasteiger partial charge in [0.05, 0.1) is 8.07 Å². The summed E-state index contributed by atoms with van der Waals surface area (Å²) in [5.74, 6) is 0. The molecular formula is C26H37BrSi. The molecule has 0 aliphatic heterocycles. The molecule has 0 aromatic heterocycles. The fourth-order valence-corrected chi connectivity index (χ4v) is 6.47. The van der Waals surface area contributed by atoms with E-state index in [0.717, 1.165) is 0 Å². The molecule has 0 spiro atoms. The van der Waals surface area contributed by atoms with Crippen LogP contribution < -0.4 is 5.19 Å². The Balaban J connectivity index is 2.18. The van der Waals surface area contributed by atoms with Crippen molar-refractivity contribution in [3.63, 3.8) is 0 Å². The summed E-state index contributed by atoms with van der Waals surface area (Å²) in [4.78, 5) is 0. The Bertz CT molecular complexity index is 806. The van der Waals surface area contributed by atoms with E-state index in [1.54, 1.807) is 16.3 Å². The van der Waals surface area contributed by atoms with Crippen molar-refractivity contribution in [1.29, 1.82) is 0 Å². The molecule has 0 radical (unpaired) electrons. The van der Waals surface area contributed by atoms with Crippen molar-refractivity contribution in [1.82, 2.24) is 0 Å². The van der Waals surface area contributed by atoms with Gasteiger partial charge in [-0.05, 0) is 47.2 Å².